The second-order valence-electron chi connectivity index (χ2n) is 27.1. The van der Waals surface area contributed by atoms with Crippen LogP contribution in [0.2, 0.25) is 0 Å². The summed E-state index contributed by atoms with van der Waals surface area (Å²) in [4.78, 5) is 177. The van der Waals surface area contributed by atoms with Gasteiger partial charge in [-0.1, -0.05) is 80.4 Å². The molecule has 10 amide bonds. The third-order valence-electron chi connectivity index (χ3n) is 17.9. The molecule has 0 saturated carbocycles. The molecule has 0 radical (unpaired) electrons. The summed E-state index contributed by atoms with van der Waals surface area (Å²) >= 11 is 0.914. The summed E-state index contributed by atoms with van der Waals surface area (Å²) in [5.74, 6) is -9.34. The number of nitrogens with zero attached hydrogens (tertiary/aromatic N) is 5. The number of anilines is 1. The zero-order chi connectivity index (χ0) is 77.4. The van der Waals surface area contributed by atoms with E-state index >= 15 is 0 Å². The minimum Gasteiger partial charge on any atom is -0.508 e. The smallest absolute Gasteiger partial charge is 0.336 e. The number of imide groups is 1. The predicted octanol–water partition coefficient (Wildman–Crippen LogP) is 5.58. The fourth-order valence-electron chi connectivity index (χ4n) is 12.8. The maximum atomic E-state index is 14.2. The second-order valence-corrected chi connectivity index (χ2v) is 28.4. The lowest BCUT2D eigenvalue weighted by Crippen LogP contribution is -2.46. The number of hydrogen-bond donors (Lipinski definition) is 9. The SMILES string of the molecule is CC(=O)NCCN(C/C(C)=C/[C@@H](C)C(=O)N(CCC(=O)O)C/C(C)=C/[C@H](C)C(=O)N(CCCN)C/C(C)=C/[C@@H](C)C(=O)NCCCC(=O)N[C@@H](CSC1CC(=O)N(c2ccc(-c3c4ccc(=O)cc-4oc4cc(O)ccc34)c(C(=O)O)c2)C1=O)C(N)=O)C(=O)[C@H](C)/C=C(\C)CNCCCN1CCCC1=O. The van der Waals surface area contributed by atoms with Crippen LogP contribution >= 0.6 is 11.8 Å². The number of amides is 10. The molecule has 2 aromatic rings. The summed E-state index contributed by atoms with van der Waals surface area (Å²) in [6.45, 7) is 19.6. The number of carboxylic acids is 2. The van der Waals surface area contributed by atoms with Gasteiger partial charge in [-0.2, -0.15) is 0 Å². The van der Waals surface area contributed by atoms with E-state index in [-0.39, 0.29) is 152 Å². The Bertz CT molecular complexity index is 4030. The number of carbonyl (C=O) groups excluding carboxylic acids is 10. The molecule has 3 aliphatic heterocycles. The molecule has 11 N–H and O–H groups in total. The van der Waals surface area contributed by atoms with Gasteiger partial charge in [-0.05, 0) is 108 Å². The number of aromatic hydroxyl groups is 1. The van der Waals surface area contributed by atoms with E-state index in [2.05, 4.69) is 21.3 Å². The second kappa shape index (κ2) is 40.3. The summed E-state index contributed by atoms with van der Waals surface area (Å²) in [7, 11) is 0. The van der Waals surface area contributed by atoms with Crippen molar-refractivity contribution in [3.05, 3.63) is 117 Å². The molecule has 0 spiro atoms. The van der Waals surface area contributed by atoms with Crippen molar-refractivity contribution in [2.45, 2.75) is 125 Å². The van der Waals surface area contributed by atoms with E-state index in [1.54, 1.807) is 76.5 Å². The van der Waals surface area contributed by atoms with Crippen LogP contribution in [-0.2, 0) is 52.7 Å². The summed E-state index contributed by atoms with van der Waals surface area (Å²) in [6, 6.07) is 11.0. The normalized spacial score (nSPS) is 15.9. The molecule has 2 aromatic carbocycles. The van der Waals surface area contributed by atoms with Crippen molar-refractivity contribution in [1.82, 2.24) is 40.9 Å². The summed E-state index contributed by atoms with van der Waals surface area (Å²) in [5, 5.41) is 41.3. The number of phenolic OH excluding ortho intramolecular Hbond substituents is 1. The molecule has 1 aliphatic carbocycles. The standard InChI is InChI=1S/C76H101N11O17S/c1-45(40-79-24-13-29-83-27-11-15-66(83)92)32-50(6)74(100)86(31-26-80-53(9)88)43-48(4)35-52(8)73(99)85(30-22-68(94)95)42-47(3)34-51(7)72(98)84(28-12-23-77)41-46(2)33-49(5)71(97)81-25-10-14-65(91)82-61(70(78)96)44-105-64-39-67(93)87(75(64)101)54-16-19-57(60(36-54)76(102)103)69-58-20-17-55(89)37-62(58)104-63-38-56(90)18-21-59(63)69/h16-21,32-38,49-52,61,64,79,89H,10-15,22-31,39-44,77H2,1-9H3,(H2,78,96)(H,80,88)(H,81,97)(H,82,91)(H,94,95)(H,102,103)/b45-32+,46-33+,47-34+,48-35+/t49-,50-,51+,52-,61+,64?/m1/s1. The molecular weight excluding hydrogens is 1370 g/mol. The molecule has 0 aromatic heterocycles. The van der Waals surface area contributed by atoms with Crippen LogP contribution in [0.5, 0.6) is 5.75 Å². The molecule has 3 heterocycles. The van der Waals surface area contributed by atoms with Gasteiger partial charge in [0.2, 0.25) is 59.1 Å². The molecular formula is C76H101N11O17S. The highest BCUT2D eigenvalue weighted by Crippen LogP contribution is 2.43. The lowest BCUT2D eigenvalue weighted by molar-refractivity contribution is -0.139. The van der Waals surface area contributed by atoms with Gasteiger partial charge in [0.15, 0.2) is 5.43 Å². The van der Waals surface area contributed by atoms with Crippen LogP contribution in [0.4, 0.5) is 5.69 Å². The van der Waals surface area contributed by atoms with Crippen LogP contribution in [0.1, 0.15) is 124 Å². The van der Waals surface area contributed by atoms with E-state index in [9.17, 15) is 77.6 Å². The molecule has 2 fully saturated rings. The van der Waals surface area contributed by atoms with Crippen LogP contribution in [0.3, 0.4) is 0 Å². The zero-order valence-electron chi connectivity index (χ0n) is 61.4. The Morgan fingerprint density at radius 3 is 1.88 bits per heavy atom. The van der Waals surface area contributed by atoms with Crippen molar-refractivity contribution in [1.29, 1.82) is 0 Å². The number of benzene rings is 3. The number of likely N-dealkylation sites (tertiary alicyclic amines) is 1. The van der Waals surface area contributed by atoms with Crippen LogP contribution in [0.15, 0.2) is 110 Å². The number of carbonyl (C=O) groups is 12. The highest BCUT2D eigenvalue weighted by molar-refractivity contribution is 8.00. The number of primary amides is 1. The van der Waals surface area contributed by atoms with E-state index in [0.717, 1.165) is 41.6 Å². The lowest BCUT2D eigenvalue weighted by atomic mass is 9.90. The largest absolute Gasteiger partial charge is 0.508 e. The van der Waals surface area contributed by atoms with Crippen molar-refractivity contribution in [2.24, 2.45) is 35.1 Å². The van der Waals surface area contributed by atoms with Gasteiger partial charge in [0.25, 0.3) is 0 Å². The van der Waals surface area contributed by atoms with Crippen LogP contribution in [0, 0.1) is 23.7 Å². The number of aromatic carboxylic acids is 1. The van der Waals surface area contributed by atoms with E-state index < -0.39 is 70.5 Å². The number of thioether (sulfide) groups is 1. The van der Waals surface area contributed by atoms with Gasteiger partial charge in [0.05, 0.1) is 46.6 Å². The molecule has 28 nitrogen and oxygen atoms in total. The molecule has 6 rings (SSSR count). The maximum Gasteiger partial charge on any atom is 0.336 e. The molecule has 568 valence electrons. The van der Waals surface area contributed by atoms with Gasteiger partial charge in [0.1, 0.15) is 23.1 Å². The monoisotopic (exact) mass is 1470 g/mol. The first-order valence-corrected chi connectivity index (χ1v) is 36.4. The lowest BCUT2D eigenvalue weighted by Gasteiger charge is -2.28. The number of nitrogens with one attached hydrogen (secondary N) is 4. The van der Waals surface area contributed by atoms with Crippen molar-refractivity contribution in [3.63, 3.8) is 0 Å². The quantitative estimate of drug-likeness (QED) is 0.0113. The summed E-state index contributed by atoms with van der Waals surface area (Å²) in [5.41, 5.74) is 15.0. The zero-order valence-corrected chi connectivity index (χ0v) is 62.2. The van der Waals surface area contributed by atoms with Gasteiger partial charge >= 0.3 is 11.9 Å². The van der Waals surface area contributed by atoms with Gasteiger partial charge < -0.3 is 72.1 Å². The van der Waals surface area contributed by atoms with Crippen LogP contribution in [-0.4, -0.2) is 208 Å². The van der Waals surface area contributed by atoms with Crippen molar-refractivity contribution in [3.8, 4) is 28.2 Å². The number of rotatable bonds is 41. The Balaban J connectivity index is 0.984. The average molecular weight is 1470 g/mol. The molecule has 0 bridgehead atoms. The highest BCUT2D eigenvalue weighted by Gasteiger charge is 2.41. The Morgan fingerprint density at radius 1 is 0.676 bits per heavy atom. The molecule has 29 heteroatoms. The number of carboxylic acid groups (broad SMARTS) is 2. The number of hydrogen-bond acceptors (Lipinski definition) is 18. The predicted molar refractivity (Wildman–Crippen MR) is 399 cm³/mol. The van der Waals surface area contributed by atoms with E-state index in [4.69, 9.17) is 15.9 Å². The first-order valence-electron chi connectivity index (χ1n) is 35.4. The number of phenols is 1. The molecule has 4 aliphatic rings. The number of aliphatic carboxylic acids is 1. The Kier molecular flexibility index (Phi) is 32.2. The summed E-state index contributed by atoms with van der Waals surface area (Å²) in [6.07, 6.45) is 9.25. The molecule has 105 heavy (non-hydrogen) atoms. The minimum absolute atomic E-state index is 0.0209. The first kappa shape index (κ1) is 83.9. The topological polar surface area (TPSA) is 412 Å². The van der Waals surface area contributed by atoms with Gasteiger partial charge in [-0.25, -0.2) is 9.69 Å². The highest BCUT2D eigenvalue weighted by atomic mass is 32.2. The maximum absolute atomic E-state index is 14.2. The van der Waals surface area contributed by atoms with Gasteiger partial charge in [-0.3, -0.25) is 57.5 Å². The van der Waals surface area contributed by atoms with Crippen LogP contribution in [0.25, 0.3) is 33.4 Å². The van der Waals surface area contributed by atoms with Crippen molar-refractivity contribution >= 4 is 99.4 Å². The van der Waals surface area contributed by atoms with E-state index in [1.807, 2.05) is 17.9 Å². The number of fused-ring (bicyclic) bond motifs is 2. The van der Waals surface area contributed by atoms with Gasteiger partial charge in [-0.15, -0.1) is 11.8 Å². The fourth-order valence-corrected chi connectivity index (χ4v) is 14.0. The first-order chi connectivity index (χ1) is 49.8. The van der Waals surface area contributed by atoms with Crippen LogP contribution < -0.4 is 43.1 Å². The van der Waals surface area contributed by atoms with E-state index in [0.29, 0.717) is 78.8 Å². The minimum atomic E-state index is -1.39. The van der Waals surface area contributed by atoms with Crippen molar-refractivity contribution in [2.75, 3.05) is 95.7 Å². The molecule has 2 saturated heterocycles. The third kappa shape index (κ3) is 25.1. The third-order valence-corrected chi connectivity index (χ3v) is 19.2. The number of nitrogens with two attached hydrogens (primary N) is 2. The Morgan fingerprint density at radius 2 is 1.29 bits per heavy atom. The average Bonchev–Trinajstić information content (AvgIpc) is 1.23. The fraction of sp³-hybridized carbons (Fsp3) is 0.487. The van der Waals surface area contributed by atoms with Crippen molar-refractivity contribution < 1.29 is 77.3 Å². The Hall–Kier alpha value is -10.00. The molecule has 1 unspecified atom stereocenters. The molecule has 6 atom stereocenters. The van der Waals surface area contributed by atoms with Gasteiger partial charge in [0, 0.05) is 133 Å². The Labute approximate surface area is 615 Å². The van der Waals surface area contributed by atoms with E-state index in [1.165, 1.54) is 66.4 Å². The summed E-state index contributed by atoms with van der Waals surface area (Å²) < 4.78 is 5.91.